The minimum atomic E-state index is -0.595. The Morgan fingerprint density at radius 1 is 1.50 bits per heavy atom. The molecule has 0 bridgehead atoms. The topological polar surface area (TPSA) is 38.0 Å². The van der Waals surface area contributed by atoms with Gasteiger partial charge in [-0.1, -0.05) is 29.8 Å². The van der Waals surface area contributed by atoms with Crippen molar-refractivity contribution in [2.45, 2.75) is 22.7 Å². The van der Waals surface area contributed by atoms with Crippen molar-refractivity contribution >= 4 is 23.4 Å². The van der Waals surface area contributed by atoms with E-state index in [1.807, 2.05) is 12.1 Å². The third-order valence-corrected chi connectivity index (χ3v) is 4.91. The molecule has 0 radical (unpaired) electrons. The van der Waals surface area contributed by atoms with Crippen molar-refractivity contribution in [1.82, 2.24) is 9.78 Å². The summed E-state index contributed by atoms with van der Waals surface area (Å²) in [5.41, 5.74) is 1.99. The zero-order valence-electron chi connectivity index (χ0n) is 9.88. The highest BCUT2D eigenvalue weighted by atomic mass is 35.5. The molecule has 5 heteroatoms. The lowest BCUT2D eigenvalue weighted by atomic mass is 10.1. The summed E-state index contributed by atoms with van der Waals surface area (Å²) in [7, 11) is 1.80. The Hall–Kier alpha value is -0.970. The number of aliphatic hydroxyl groups is 1. The molecule has 1 aromatic heterocycles. The van der Waals surface area contributed by atoms with Crippen LogP contribution in [0.5, 0.6) is 0 Å². The predicted octanol–water partition coefficient (Wildman–Crippen LogP) is 2.82. The average molecular weight is 281 g/mol. The van der Waals surface area contributed by atoms with Crippen LogP contribution in [-0.2, 0) is 13.5 Å². The monoisotopic (exact) mass is 280 g/mol. The van der Waals surface area contributed by atoms with Crippen molar-refractivity contribution in [3.8, 4) is 0 Å². The molecule has 2 heterocycles. The molecule has 0 spiro atoms. The van der Waals surface area contributed by atoms with Crippen molar-refractivity contribution < 1.29 is 5.11 Å². The van der Waals surface area contributed by atoms with E-state index in [-0.39, 0.29) is 5.25 Å². The van der Waals surface area contributed by atoms with Crippen LogP contribution in [0.25, 0.3) is 0 Å². The number of aryl methyl sites for hydroxylation is 1. The lowest BCUT2D eigenvalue weighted by Gasteiger charge is -2.17. The van der Waals surface area contributed by atoms with Crippen molar-refractivity contribution in [2.24, 2.45) is 7.05 Å². The van der Waals surface area contributed by atoms with Gasteiger partial charge in [-0.2, -0.15) is 5.10 Å². The first-order valence-electron chi connectivity index (χ1n) is 5.77. The van der Waals surface area contributed by atoms with Gasteiger partial charge in [0.25, 0.3) is 0 Å². The van der Waals surface area contributed by atoms with Gasteiger partial charge >= 0.3 is 0 Å². The molecule has 3 rings (SSSR count). The van der Waals surface area contributed by atoms with E-state index in [9.17, 15) is 5.11 Å². The first kappa shape index (κ1) is 12.1. The summed E-state index contributed by atoms with van der Waals surface area (Å²) in [6.07, 6.45) is 1.85. The second-order valence-electron chi connectivity index (χ2n) is 4.41. The molecular formula is C13H13ClN2OS. The SMILES string of the molecule is Cn1ncc(Cl)c1C(O)C1Cc2ccccc2S1. The summed E-state index contributed by atoms with van der Waals surface area (Å²) in [5.74, 6) is 0. The van der Waals surface area contributed by atoms with Gasteiger partial charge in [0.15, 0.2) is 0 Å². The Morgan fingerprint density at radius 2 is 2.28 bits per heavy atom. The number of halogens is 1. The second-order valence-corrected chi connectivity index (χ2v) is 6.10. The Morgan fingerprint density at radius 3 is 2.94 bits per heavy atom. The lowest BCUT2D eigenvalue weighted by Crippen LogP contribution is -2.17. The Labute approximate surface area is 115 Å². The summed E-state index contributed by atoms with van der Waals surface area (Å²) in [4.78, 5) is 1.25. The summed E-state index contributed by atoms with van der Waals surface area (Å²) >= 11 is 7.79. The van der Waals surface area contributed by atoms with E-state index in [4.69, 9.17) is 11.6 Å². The minimum Gasteiger partial charge on any atom is -0.386 e. The van der Waals surface area contributed by atoms with Gasteiger partial charge in [0, 0.05) is 17.2 Å². The highest BCUT2D eigenvalue weighted by Gasteiger charge is 2.31. The van der Waals surface area contributed by atoms with E-state index in [0.717, 1.165) is 6.42 Å². The number of thioether (sulfide) groups is 1. The molecule has 1 N–H and O–H groups in total. The van der Waals surface area contributed by atoms with E-state index < -0.39 is 6.10 Å². The average Bonchev–Trinajstić information content (AvgIpc) is 2.92. The predicted molar refractivity (Wildman–Crippen MR) is 73.0 cm³/mol. The normalized spacial score (nSPS) is 19.8. The number of hydrogen-bond acceptors (Lipinski definition) is 3. The molecule has 0 amide bonds. The van der Waals surface area contributed by atoms with Crippen LogP contribution >= 0.6 is 23.4 Å². The van der Waals surface area contributed by atoms with Gasteiger partial charge in [-0.25, -0.2) is 0 Å². The zero-order valence-corrected chi connectivity index (χ0v) is 11.4. The third-order valence-electron chi connectivity index (χ3n) is 3.24. The van der Waals surface area contributed by atoms with Crippen LogP contribution in [0.4, 0.5) is 0 Å². The quantitative estimate of drug-likeness (QED) is 0.919. The smallest absolute Gasteiger partial charge is 0.110 e. The maximum Gasteiger partial charge on any atom is 0.110 e. The molecule has 0 aliphatic carbocycles. The first-order valence-corrected chi connectivity index (χ1v) is 7.02. The fraction of sp³-hybridized carbons (Fsp3) is 0.308. The number of benzene rings is 1. The van der Waals surface area contributed by atoms with Gasteiger partial charge in [-0.05, 0) is 18.1 Å². The number of hydrogen-bond donors (Lipinski definition) is 1. The van der Waals surface area contributed by atoms with Crippen molar-refractivity contribution in [2.75, 3.05) is 0 Å². The minimum absolute atomic E-state index is 0.107. The van der Waals surface area contributed by atoms with E-state index in [2.05, 4.69) is 17.2 Å². The van der Waals surface area contributed by atoms with E-state index in [1.54, 1.807) is 29.7 Å². The molecule has 0 saturated heterocycles. The van der Waals surface area contributed by atoms with Crippen molar-refractivity contribution in [1.29, 1.82) is 0 Å². The molecule has 1 aromatic carbocycles. The van der Waals surface area contributed by atoms with Crippen molar-refractivity contribution in [3.05, 3.63) is 46.7 Å². The molecular weight excluding hydrogens is 268 g/mol. The number of nitrogens with zero attached hydrogens (tertiary/aromatic N) is 2. The van der Waals surface area contributed by atoms with Crippen LogP contribution in [0.15, 0.2) is 35.4 Å². The van der Waals surface area contributed by atoms with Crippen LogP contribution in [-0.4, -0.2) is 20.1 Å². The molecule has 2 unspecified atom stereocenters. The summed E-state index contributed by atoms with van der Waals surface area (Å²) in [6.45, 7) is 0. The summed E-state index contributed by atoms with van der Waals surface area (Å²) < 4.78 is 1.65. The fourth-order valence-electron chi connectivity index (χ4n) is 2.31. The third kappa shape index (κ3) is 1.94. The lowest BCUT2D eigenvalue weighted by molar-refractivity contribution is 0.165. The molecule has 1 aliphatic heterocycles. The van der Waals surface area contributed by atoms with Gasteiger partial charge in [0.05, 0.1) is 16.9 Å². The van der Waals surface area contributed by atoms with Gasteiger partial charge in [0.1, 0.15) is 6.10 Å². The van der Waals surface area contributed by atoms with E-state index >= 15 is 0 Å². The van der Waals surface area contributed by atoms with E-state index in [1.165, 1.54) is 10.5 Å². The number of aliphatic hydroxyl groups excluding tert-OH is 1. The second kappa shape index (κ2) is 4.61. The molecule has 94 valence electrons. The van der Waals surface area contributed by atoms with E-state index in [0.29, 0.717) is 10.7 Å². The highest BCUT2D eigenvalue weighted by Crippen LogP contribution is 2.43. The molecule has 2 atom stereocenters. The highest BCUT2D eigenvalue weighted by molar-refractivity contribution is 8.00. The van der Waals surface area contributed by atoms with Gasteiger partial charge < -0.3 is 5.11 Å². The van der Waals surface area contributed by atoms with Crippen LogP contribution < -0.4 is 0 Å². The maximum atomic E-state index is 10.5. The number of fused-ring (bicyclic) bond motifs is 1. The fourth-order valence-corrected chi connectivity index (χ4v) is 3.90. The maximum absolute atomic E-state index is 10.5. The molecule has 2 aromatic rings. The first-order chi connectivity index (χ1) is 8.66. The van der Waals surface area contributed by atoms with Gasteiger partial charge in [-0.15, -0.1) is 11.8 Å². The summed E-state index contributed by atoms with van der Waals surface area (Å²) in [5, 5.41) is 15.2. The standard InChI is InChI=1S/C13H13ClN2OS/c1-16-12(9(14)7-15-16)13(17)11-6-8-4-2-3-5-10(8)18-11/h2-5,7,11,13,17H,6H2,1H3. The molecule has 0 saturated carbocycles. The van der Waals surface area contributed by atoms with Gasteiger partial charge in [-0.3, -0.25) is 4.68 Å². The molecule has 0 fully saturated rings. The summed E-state index contributed by atoms with van der Waals surface area (Å²) in [6, 6.07) is 8.26. The van der Waals surface area contributed by atoms with Gasteiger partial charge in [0.2, 0.25) is 0 Å². The molecule has 1 aliphatic rings. The van der Waals surface area contributed by atoms with Crippen LogP contribution in [0, 0.1) is 0 Å². The Bertz CT molecular complexity index is 540. The largest absolute Gasteiger partial charge is 0.386 e. The van der Waals surface area contributed by atoms with Crippen molar-refractivity contribution in [3.63, 3.8) is 0 Å². The number of rotatable bonds is 2. The van der Waals surface area contributed by atoms with Crippen LogP contribution in [0.3, 0.4) is 0 Å². The molecule has 3 nitrogen and oxygen atoms in total. The number of aromatic nitrogens is 2. The molecule has 18 heavy (non-hydrogen) atoms. The van der Waals surface area contributed by atoms with Crippen LogP contribution in [0.2, 0.25) is 5.02 Å². The Balaban J connectivity index is 1.87. The van der Waals surface area contributed by atoms with Crippen LogP contribution in [0.1, 0.15) is 17.4 Å². The Kier molecular flexibility index (Phi) is 3.09. The zero-order chi connectivity index (χ0) is 12.7.